The van der Waals surface area contributed by atoms with Gasteiger partial charge in [0.2, 0.25) is 0 Å². The van der Waals surface area contributed by atoms with Crippen molar-refractivity contribution < 1.29 is 14.6 Å². The first-order valence-corrected chi connectivity index (χ1v) is 6.20. The monoisotopic (exact) mass is 233 g/mol. The van der Waals surface area contributed by atoms with Crippen molar-refractivity contribution in [2.45, 2.75) is 38.6 Å². The lowest BCUT2D eigenvalue weighted by atomic mass is 9.92. The molecule has 98 valence electrons. The molecular formula is C12H27NO3. The second kappa shape index (κ2) is 10.0. The van der Waals surface area contributed by atoms with Gasteiger partial charge in [-0.1, -0.05) is 6.92 Å². The van der Waals surface area contributed by atoms with Gasteiger partial charge in [-0.3, -0.25) is 0 Å². The van der Waals surface area contributed by atoms with E-state index in [1.807, 2.05) is 14.0 Å². The Hall–Kier alpha value is -0.160. The second-order valence-corrected chi connectivity index (χ2v) is 3.95. The fraction of sp³-hybridized carbons (Fsp3) is 1.00. The van der Waals surface area contributed by atoms with Gasteiger partial charge in [-0.15, -0.1) is 0 Å². The van der Waals surface area contributed by atoms with Crippen LogP contribution in [0.2, 0.25) is 0 Å². The van der Waals surface area contributed by atoms with Gasteiger partial charge in [-0.05, 0) is 33.2 Å². The van der Waals surface area contributed by atoms with Gasteiger partial charge in [0.1, 0.15) is 0 Å². The van der Waals surface area contributed by atoms with Gasteiger partial charge in [0, 0.05) is 18.8 Å². The summed E-state index contributed by atoms with van der Waals surface area (Å²) in [4.78, 5) is 0. The molecule has 0 aliphatic carbocycles. The molecule has 0 radical (unpaired) electrons. The number of rotatable bonds is 11. The summed E-state index contributed by atoms with van der Waals surface area (Å²) >= 11 is 0. The van der Waals surface area contributed by atoms with Crippen LogP contribution in [-0.2, 0) is 9.47 Å². The number of ether oxygens (including phenoxy) is 2. The smallest absolute Gasteiger partial charge is 0.0700 e. The summed E-state index contributed by atoms with van der Waals surface area (Å²) in [5.41, 5.74) is -0.136. The summed E-state index contributed by atoms with van der Waals surface area (Å²) in [6.45, 7) is 7.04. The Morgan fingerprint density at radius 3 is 2.31 bits per heavy atom. The van der Waals surface area contributed by atoms with Crippen molar-refractivity contribution in [3.8, 4) is 0 Å². The van der Waals surface area contributed by atoms with Gasteiger partial charge in [0.15, 0.2) is 0 Å². The van der Waals surface area contributed by atoms with Gasteiger partial charge in [0.05, 0.1) is 19.8 Å². The molecule has 0 amide bonds. The molecule has 0 aliphatic rings. The van der Waals surface area contributed by atoms with Crippen molar-refractivity contribution in [2.24, 2.45) is 0 Å². The van der Waals surface area contributed by atoms with E-state index in [0.717, 1.165) is 32.5 Å². The van der Waals surface area contributed by atoms with Crippen molar-refractivity contribution in [3.05, 3.63) is 0 Å². The third-order valence-corrected chi connectivity index (χ3v) is 3.03. The zero-order valence-electron chi connectivity index (χ0n) is 10.9. The Kier molecular flexibility index (Phi) is 9.92. The van der Waals surface area contributed by atoms with Crippen molar-refractivity contribution >= 4 is 0 Å². The predicted octanol–water partition coefficient (Wildman–Crippen LogP) is 1.18. The van der Waals surface area contributed by atoms with Crippen LogP contribution >= 0.6 is 0 Å². The molecule has 2 N–H and O–H groups in total. The quantitative estimate of drug-likeness (QED) is 0.526. The van der Waals surface area contributed by atoms with E-state index in [-0.39, 0.29) is 12.1 Å². The summed E-state index contributed by atoms with van der Waals surface area (Å²) in [7, 11) is 1.90. The van der Waals surface area contributed by atoms with E-state index in [0.29, 0.717) is 13.2 Å². The van der Waals surface area contributed by atoms with Crippen LogP contribution in [0.1, 0.15) is 33.1 Å². The molecule has 0 aromatic carbocycles. The Morgan fingerprint density at radius 1 is 1.12 bits per heavy atom. The average molecular weight is 233 g/mol. The van der Waals surface area contributed by atoms with Crippen molar-refractivity contribution in [1.29, 1.82) is 0 Å². The maximum absolute atomic E-state index is 9.33. The van der Waals surface area contributed by atoms with E-state index in [9.17, 15) is 5.11 Å². The van der Waals surface area contributed by atoms with E-state index in [1.165, 1.54) is 0 Å². The molecule has 0 aliphatic heterocycles. The Morgan fingerprint density at radius 2 is 1.81 bits per heavy atom. The predicted molar refractivity (Wildman–Crippen MR) is 65.7 cm³/mol. The summed E-state index contributed by atoms with van der Waals surface area (Å²) in [5.74, 6) is 0. The molecule has 1 unspecified atom stereocenters. The minimum absolute atomic E-state index is 0.136. The van der Waals surface area contributed by atoms with Crippen LogP contribution in [0.3, 0.4) is 0 Å². The highest BCUT2D eigenvalue weighted by Gasteiger charge is 2.23. The molecule has 0 spiro atoms. The van der Waals surface area contributed by atoms with Crippen LogP contribution in [0.15, 0.2) is 0 Å². The lowest BCUT2D eigenvalue weighted by molar-refractivity contribution is 0.0467. The first kappa shape index (κ1) is 15.8. The lowest BCUT2D eigenvalue weighted by Gasteiger charge is -2.30. The van der Waals surface area contributed by atoms with Crippen molar-refractivity contribution in [2.75, 3.05) is 40.1 Å². The summed E-state index contributed by atoms with van der Waals surface area (Å²) < 4.78 is 10.6. The van der Waals surface area contributed by atoms with Crippen LogP contribution < -0.4 is 5.32 Å². The molecule has 4 nitrogen and oxygen atoms in total. The molecule has 0 saturated heterocycles. The minimum atomic E-state index is -0.136. The number of aliphatic hydroxyl groups is 1. The molecule has 0 fully saturated rings. The topological polar surface area (TPSA) is 50.7 Å². The lowest BCUT2D eigenvalue weighted by Crippen LogP contribution is -2.46. The fourth-order valence-electron chi connectivity index (χ4n) is 1.63. The Labute approximate surface area is 99.3 Å². The number of hydrogen-bond donors (Lipinski definition) is 2. The molecule has 0 bridgehead atoms. The Bertz CT molecular complexity index is 141. The number of nitrogens with one attached hydrogen (secondary N) is 1. The number of aliphatic hydroxyl groups excluding tert-OH is 1. The summed E-state index contributed by atoms with van der Waals surface area (Å²) in [6, 6.07) is 0. The molecule has 4 heteroatoms. The van der Waals surface area contributed by atoms with E-state index in [2.05, 4.69) is 12.2 Å². The van der Waals surface area contributed by atoms with E-state index in [1.54, 1.807) is 0 Å². The standard InChI is InChI=1S/C12H27NO3/c1-4-12(11-14,13-3)7-6-8-16-10-9-15-5-2/h13-14H,4-11H2,1-3H3. The van der Waals surface area contributed by atoms with Gasteiger partial charge < -0.3 is 19.9 Å². The molecule has 0 aromatic heterocycles. The highest BCUT2D eigenvalue weighted by Crippen LogP contribution is 2.16. The van der Waals surface area contributed by atoms with Crippen molar-refractivity contribution in [3.63, 3.8) is 0 Å². The van der Waals surface area contributed by atoms with Crippen LogP contribution in [0.4, 0.5) is 0 Å². The highest BCUT2D eigenvalue weighted by atomic mass is 16.5. The van der Waals surface area contributed by atoms with E-state index in [4.69, 9.17) is 9.47 Å². The normalized spacial score (nSPS) is 15.0. The van der Waals surface area contributed by atoms with Crippen LogP contribution in [0.25, 0.3) is 0 Å². The average Bonchev–Trinajstić information content (AvgIpc) is 2.34. The van der Waals surface area contributed by atoms with Gasteiger partial charge in [-0.2, -0.15) is 0 Å². The van der Waals surface area contributed by atoms with Crippen molar-refractivity contribution in [1.82, 2.24) is 5.32 Å². The first-order valence-electron chi connectivity index (χ1n) is 6.20. The zero-order valence-corrected chi connectivity index (χ0v) is 10.9. The largest absolute Gasteiger partial charge is 0.394 e. The van der Waals surface area contributed by atoms with Gasteiger partial charge in [-0.25, -0.2) is 0 Å². The summed E-state index contributed by atoms with van der Waals surface area (Å²) in [6.07, 6.45) is 2.82. The SMILES string of the molecule is CCOCCOCCCC(CC)(CO)NC. The third-order valence-electron chi connectivity index (χ3n) is 3.03. The van der Waals surface area contributed by atoms with Crippen LogP contribution in [-0.4, -0.2) is 50.7 Å². The zero-order chi connectivity index (χ0) is 12.3. The number of hydrogen-bond acceptors (Lipinski definition) is 4. The van der Waals surface area contributed by atoms with Crippen LogP contribution in [0.5, 0.6) is 0 Å². The Balaban J connectivity index is 3.48. The summed E-state index contributed by atoms with van der Waals surface area (Å²) in [5, 5.41) is 12.5. The van der Waals surface area contributed by atoms with E-state index < -0.39 is 0 Å². The fourth-order valence-corrected chi connectivity index (χ4v) is 1.63. The molecule has 0 saturated carbocycles. The number of likely N-dealkylation sites (N-methyl/N-ethyl adjacent to an activating group) is 1. The van der Waals surface area contributed by atoms with Gasteiger partial charge >= 0.3 is 0 Å². The maximum atomic E-state index is 9.33. The molecular weight excluding hydrogens is 206 g/mol. The molecule has 0 aromatic rings. The highest BCUT2D eigenvalue weighted by molar-refractivity contribution is 4.84. The maximum Gasteiger partial charge on any atom is 0.0700 e. The molecule has 1 atom stereocenters. The van der Waals surface area contributed by atoms with E-state index >= 15 is 0 Å². The first-order chi connectivity index (χ1) is 7.74. The second-order valence-electron chi connectivity index (χ2n) is 3.95. The molecule has 16 heavy (non-hydrogen) atoms. The van der Waals surface area contributed by atoms with Gasteiger partial charge in [0.25, 0.3) is 0 Å². The minimum Gasteiger partial charge on any atom is -0.394 e. The molecule has 0 heterocycles. The third kappa shape index (κ3) is 6.43. The van der Waals surface area contributed by atoms with Crippen LogP contribution in [0, 0.1) is 0 Å². The molecule has 0 rings (SSSR count).